The van der Waals surface area contributed by atoms with Crippen LogP contribution in [-0.2, 0) is 13.8 Å². The smallest absolute Gasteiger partial charge is 0.232 e. The van der Waals surface area contributed by atoms with Crippen molar-refractivity contribution in [2.75, 3.05) is 17.2 Å². The summed E-state index contributed by atoms with van der Waals surface area (Å²) >= 11 is 5.81. The van der Waals surface area contributed by atoms with Gasteiger partial charge in [0, 0.05) is 35.8 Å². The molecular weight excluding hydrogens is 311 g/mol. The third-order valence-electron chi connectivity index (χ3n) is 2.91. The van der Waals surface area contributed by atoms with Crippen LogP contribution >= 0.6 is 22.3 Å². The summed E-state index contributed by atoms with van der Waals surface area (Å²) in [5, 5.41) is 0.493. The van der Waals surface area contributed by atoms with Crippen LogP contribution in [0.4, 0.5) is 5.82 Å². The number of carbonyl (C=O) groups is 1. The topological polar surface area (TPSA) is 67.3 Å². The second-order valence-corrected chi connectivity index (χ2v) is 7.83. The predicted octanol–water partition coefficient (Wildman–Crippen LogP) is 1.96. The van der Waals surface area contributed by atoms with E-state index in [4.69, 9.17) is 22.3 Å². The zero-order chi connectivity index (χ0) is 14.2. The quantitative estimate of drug-likeness (QED) is 0.798. The maximum atomic E-state index is 11.9. The fourth-order valence-electron chi connectivity index (χ4n) is 2.20. The van der Waals surface area contributed by atoms with E-state index in [0.717, 1.165) is 5.56 Å². The molecule has 1 aromatic rings. The first-order valence-corrected chi connectivity index (χ1v) is 8.47. The highest BCUT2D eigenvalue weighted by molar-refractivity contribution is 8.13. The molecule has 0 N–H and O–H groups in total. The fourth-order valence-corrected chi connectivity index (χ4v) is 3.73. The van der Waals surface area contributed by atoms with Crippen molar-refractivity contribution in [2.45, 2.75) is 13.3 Å². The number of carbonyl (C=O) groups excluding carboxylic acids is 1. The lowest BCUT2D eigenvalue weighted by atomic mass is 10.1. The molecule has 5 nitrogen and oxygen atoms in total. The van der Waals surface area contributed by atoms with Gasteiger partial charge >= 0.3 is 0 Å². The zero-order valence-electron chi connectivity index (χ0n) is 10.1. The van der Waals surface area contributed by atoms with E-state index in [1.807, 2.05) is 0 Å². The number of hydrogen-bond acceptors (Lipinski definition) is 4. The van der Waals surface area contributed by atoms with Crippen LogP contribution in [0, 0.1) is 12.8 Å². The molecule has 0 aromatic carbocycles. The molecule has 1 amide bonds. The van der Waals surface area contributed by atoms with Crippen LogP contribution in [0.25, 0.3) is 0 Å². The Balaban J connectivity index is 2.20. The molecule has 104 valence electrons. The summed E-state index contributed by atoms with van der Waals surface area (Å²) in [4.78, 5) is 17.5. The van der Waals surface area contributed by atoms with Crippen molar-refractivity contribution in [1.82, 2.24) is 4.98 Å². The maximum Gasteiger partial charge on any atom is 0.232 e. The minimum atomic E-state index is -3.60. The normalized spacial score (nSPS) is 20.1. The van der Waals surface area contributed by atoms with Gasteiger partial charge in [0.2, 0.25) is 15.0 Å². The Labute approximate surface area is 120 Å². The van der Waals surface area contributed by atoms with Crippen LogP contribution in [0.2, 0.25) is 5.02 Å². The van der Waals surface area contributed by atoms with Crippen molar-refractivity contribution in [2.24, 2.45) is 5.92 Å². The van der Waals surface area contributed by atoms with Gasteiger partial charge in [-0.1, -0.05) is 11.6 Å². The molecular formula is C11H12Cl2N2O3S. The Kier molecular flexibility index (Phi) is 4.03. The molecule has 1 fully saturated rings. The molecule has 0 radical (unpaired) electrons. The second kappa shape index (κ2) is 5.26. The fraction of sp³-hybridized carbons (Fsp3) is 0.455. The van der Waals surface area contributed by atoms with Crippen molar-refractivity contribution >= 4 is 43.1 Å². The van der Waals surface area contributed by atoms with Crippen LogP contribution in [0.5, 0.6) is 0 Å². The summed E-state index contributed by atoms with van der Waals surface area (Å²) in [7, 11) is 1.61. The van der Waals surface area contributed by atoms with Gasteiger partial charge in [-0.05, 0) is 18.6 Å². The molecule has 1 aliphatic heterocycles. The lowest BCUT2D eigenvalue weighted by molar-refractivity contribution is -0.117. The van der Waals surface area contributed by atoms with Crippen molar-refractivity contribution in [1.29, 1.82) is 0 Å². The monoisotopic (exact) mass is 322 g/mol. The summed E-state index contributed by atoms with van der Waals surface area (Å²) in [5.74, 6) is -0.136. The molecule has 1 aliphatic rings. The highest BCUT2D eigenvalue weighted by Crippen LogP contribution is 2.28. The SMILES string of the molecule is Cc1cc(Cl)cnc1N1CC(CS(=O)(=O)Cl)CC1=O. The largest absolute Gasteiger partial charge is 0.296 e. The van der Waals surface area contributed by atoms with E-state index in [1.165, 1.54) is 11.1 Å². The Bertz CT molecular complexity index is 618. The van der Waals surface area contributed by atoms with Crippen LogP contribution < -0.4 is 4.90 Å². The summed E-state index contributed by atoms with van der Waals surface area (Å²) < 4.78 is 22.1. The number of aryl methyl sites for hydroxylation is 1. The lowest BCUT2D eigenvalue weighted by Gasteiger charge is -2.17. The van der Waals surface area contributed by atoms with E-state index >= 15 is 0 Å². The van der Waals surface area contributed by atoms with Crippen LogP contribution in [0.3, 0.4) is 0 Å². The first-order chi connectivity index (χ1) is 8.76. The molecule has 0 saturated carbocycles. The molecule has 19 heavy (non-hydrogen) atoms. The first kappa shape index (κ1) is 14.6. The molecule has 0 bridgehead atoms. The molecule has 1 saturated heterocycles. The zero-order valence-corrected chi connectivity index (χ0v) is 12.5. The highest BCUT2D eigenvalue weighted by Gasteiger charge is 2.34. The van der Waals surface area contributed by atoms with E-state index in [0.29, 0.717) is 17.4 Å². The number of hydrogen-bond donors (Lipinski definition) is 0. The van der Waals surface area contributed by atoms with Gasteiger partial charge in [0.15, 0.2) is 0 Å². The van der Waals surface area contributed by atoms with Gasteiger partial charge in [-0.2, -0.15) is 0 Å². The van der Waals surface area contributed by atoms with Crippen molar-refractivity contribution in [3.63, 3.8) is 0 Å². The van der Waals surface area contributed by atoms with Crippen LogP contribution in [-0.4, -0.2) is 31.6 Å². The summed E-state index contributed by atoms with van der Waals surface area (Å²) in [6.45, 7) is 2.10. The van der Waals surface area contributed by atoms with Gasteiger partial charge in [-0.25, -0.2) is 13.4 Å². The maximum absolute atomic E-state index is 11.9. The van der Waals surface area contributed by atoms with Crippen molar-refractivity contribution in [3.05, 3.63) is 22.8 Å². The Morgan fingerprint density at radius 1 is 1.53 bits per heavy atom. The predicted molar refractivity (Wildman–Crippen MR) is 74.1 cm³/mol. The number of rotatable bonds is 3. The molecule has 1 unspecified atom stereocenters. The van der Waals surface area contributed by atoms with Gasteiger partial charge in [-0.3, -0.25) is 9.69 Å². The number of nitrogens with zero attached hydrogens (tertiary/aromatic N) is 2. The highest BCUT2D eigenvalue weighted by atomic mass is 35.7. The third-order valence-corrected chi connectivity index (χ3v) is 4.37. The van der Waals surface area contributed by atoms with Gasteiger partial charge in [-0.15, -0.1) is 0 Å². The van der Waals surface area contributed by atoms with E-state index < -0.39 is 9.05 Å². The first-order valence-electron chi connectivity index (χ1n) is 5.61. The van der Waals surface area contributed by atoms with Gasteiger partial charge in [0.05, 0.1) is 10.8 Å². The molecule has 0 aliphatic carbocycles. The molecule has 0 spiro atoms. The van der Waals surface area contributed by atoms with Crippen LogP contribution in [0.1, 0.15) is 12.0 Å². The number of pyridine rings is 1. The third kappa shape index (κ3) is 3.58. The van der Waals surface area contributed by atoms with E-state index in [1.54, 1.807) is 13.0 Å². The Hall–Kier alpha value is -0.850. The number of amides is 1. The van der Waals surface area contributed by atoms with E-state index in [2.05, 4.69) is 4.98 Å². The molecule has 2 heterocycles. The van der Waals surface area contributed by atoms with Gasteiger partial charge in [0.25, 0.3) is 0 Å². The van der Waals surface area contributed by atoms with Crippen molar-refractivity contribution < 1.29 is 13.2 Å². The molecule has 1 atom stereocenters. The van der Waals surface area contributed by atoms with Crippen molar-refractivity contribution in [3.8, 4) is 0 Å². The number of anilines is 1. The number of halogens is 2. The Morgan fingerprint density at radius 2 is 2.21 bits per heavy atom. The van der Waals surface area contributed by atoms with E-state index in [-0.39, 0.29) is 24.0 Å². The summed E-state index contributed by atoms with van der Waals surface area (Å²) in [6, 6.07) is 1.71. The molecule has 2 rings (SSSR count). The summed E-state index contributed by atoms with van der Waals surface area (Å²) in [6.07, 6.45) is 1.62. The second-order valence-electron chi connectivity index (χ2n) is 4.57. The summed E-state index contributed by atoms with van der Waals surface area (Å²) in [5.41, 5.74) is 0.773. The Morgan fingerprint density at radius 3 is 2.79 bits per heavy atom. The standard InChI is InChI=1S/C11H12Cl2N2O3S/c1-7-2-9(12)4-14-11(7)15-5-8(3-10(15)16)6-19(13,17)18/h2,4,8H,3,5-6H2,1H3. The minimum absolute atomic E-state index is 0.150. The lowest BCUT2D eigenvalue weighted by Crippen LogP contribution is -2.27. The average Bonchev–Trinajstić information content (AvgIpc) is 2.56. The average molecular weight is 323 g/mol. The van der Waals surface area contributed by atoms with E-state index in [9.17, 15) is 13.2 Å². The van der Waals surface area contributed by atoms with Gasteiger partial charge in [0.1, 0.15) is 5.82 Å². The van der Waals surface area contributed by atoms with Crippen LogP contribution in [0.15, 0.2) is 12.3 Å². The number of aromatic nitrogens is 1. The minimum Gasteiger partial charge on any atom is -0.296 e. The molecule has 1 aromatic heterocycles. The molecule has 8 heteroatoms. The van der Waals surface area contributed by atoms with Gasteiger partial charge < -0.3 is 0 Å².